The highest BCUT2D eigenvalue weighted by atomic mass is 31.2. The number of aliphatic hydroxyl groups is 1. The molecule has 0 aliphatic rings. The van der Waals surface area contributed by atoms with Crippen molar-refractivity contribution in [1.29, 1.82) is 0 Å². The van der Waals surface area contributed by atoms with Crippen LogP contribution in [0.2, 0.25) is 0 Å². The molecular weight excluding hydrogens is 1200 g/mol. The lowest BCUT2D eigenvalue weighted by Crippen LogP contribution is -2.30. The Morgan fingerprint density at radius 2 is 0.527 bits per heavy atom. The van der Waals surface area contributed by atoms with Crippen molar-refractivity contribution in [2.45, 2.75) is 375 Å². The molecule has 0 heterocycles. The summed E-state index contributed by atoms with van der Waals surface area (Å²) in [4.78, 5) is 72.6. The van der Waals surface area contributed by atoms with Crippen molar-refractivity contribution in [2.24, 2.45) is 23.7 Å². The van der Waals surface area contributed by atoms with Crippen molar-refractivity contribution in [3.63, 3.8) is 0 Å². The lowest BCUT2D eigenvalue weighted by atomic mass is 9.99. The summed E-state index contributed by atoms with van der Waals surface area (Å²) in [6.07, 6.45) is 44.4. The monoisotopic (exact) mass is 1340 g/mol. The normalized spacial score (nSPS) is 14.5. The summed E-state index contributed by atoms with van der Waals surface area (Å²) in [5.41, 5.74) is 0. The number of unbranched alkanes of at least 4 members (excludes halogenated alkanes) is 34. The predicted octanol–water partition coefficient (Wildman–Crippen LogP) is 20.5. The molecule has 4 unspecified atom stereocenters. The van der Waals surface area contributed by atoms with Crippen LogP contribution in [-0.2, 0) is 65.4 Å². The smallest absolute Gasteiger partial charge is 0.462 e. The van der Waals surface area contributed by atoms with E-state index in [0.29, 0.717) is 25.7 Å². The van der Waals surface area contributed by atoms with Gasteiger partial charge in [-0.25, -0.2) is 9.13 Å². The van der Waals surface area contributed by atoms with Gasteiger partial charge in [-0.15, -0.1) is 0 Å². The van der Waals surface area contributed by atoms with Crippen LogP contribution in [0.1, 0.15) is 357 Å². The molecule has 540 valence electrons. The van der Waals surface area contributed by atoms with Gasteiger partial charge in [0.15, 0.2) is 12.2 Å². The van der Waals surface area contributed by atoms with E-state index in [0.717, 1.165) is 114 Å². The highest BCUT2D eigenvalue weighted by Crippen LogP contribution is 2.45. The van der Waals surface area contributed by atoms with E-state index < -0.39 is 97.5 Å². The number of rotatable bonds is 69. The Labute approximate surface area is 556 Å². The Bertz CT molecular complexity index is 1800. The van der Waals surface area contributed by atoms with Crippen molar-refractivity contribution >= 4 is 39.5 Å². The lowest BCUT2D eigenvalue weighted by molar-refractivity contribution is -0.161. The van der Waals surface area contributed by atoms with E-state index >= 15 is 0 Å². The Morgan fingerprint density at radius 1 is 0.308 bits per heavy atom. The van der Waals surface area contributed by atoms with E-state index in [1.54, 1.807) is 0 Å². The van der Waals surface area contributed by atoms with Gasteiger partial charge in [0.2, 0.25) is 0 Å². The van der Waals surface area contributed by atoms with Crippen LogP contribution >= 0.6 is 15.6 Å². The SMILES string of the molecule is CCC(C)CCCCCCCCCCC(=O)O[C@H](COC(=O)CCCCCCCCCCC(C)C)COP(=O)(O)OCC(O)COP(=O)(O)OC[C@@H](COC(=O)CCCCCCCCCCCC(C)C)OC(=O)CCCCCCCCCCCCCCCC(C)C. The molecule has 0 aliphatic heterocycles. The number of hydrogen-bond donors (Lipinski definition) is 3. The number of phosphoric ester groups is 2. The summed E-state index contributed by atoms with van der Waals surface area (Å²) in [5.74, 6) is 0.898. The zero-order valence-electron chi connectivity index (χ0n) is 59.5. The van der Waals surface area contributed by atoms with E-state index in [4.69, 9.17) is 37.0 Å². The molecule has 0 aromatic carbocycles. The van der Waals surface area contributed by atoms with E-state index in [1.807, 2.05) is 0 Å². The molecule has 91 heavy (non-hydrogen) atoms. The van der Waals surface area contributed by atoms with Gasteiger partial charge in [0.25, 0.3) is 0 Å². The second-order valence-electron chi connectivity index (χ2n) is 27.6. The maximum absolute atomic E-state index is 13.0. The van der Waals surface area contributed by atoms with Crippen LogP contribution in [0, 0.1) is 23.7 Å². The van der Waals surface area contributed by atoms with Gasteiger partial charge in [0, 0.05) is 25.7 Å². The Balaban J connectivity index is 5.26. The summed E-state index contributed by atoms with van der Waals surface area (Å²) in [6.45, 7) is 14.1. The van der Waals surface area contributed by atoms with E-state index in [9.17, 15) is 43.2 Å². The van der Waals surface area contributed by atoms with E-state index in [-0.39, 0.29) is 25.7 Å². The fourth-order valence-electron chi connectivity index (χ4n) is 10.8. The zero-order valence-corrected chi connectivity index (χ0v) is 61.3. The van der Waals surface area contributed by atoms with Gasteiger partial charge in [-0.3, -0.25) is 37.3 Å². The van der Waals surface area contributed by atoms with Gasteiger partial charge in [0.1, 0.15) is 19.3 Å². The molecule has 0 radical (unpaired) electrons. The topological polar surface area (TPSA) is 237 Å². The second kappa shape index (κ2) is 61.6. The third-order valence-electron chi connectivity index (χ3n) is 16.9. The van der Waals surface area contributed by atoms with Gasteiger partial charge in [-0.05, 0) is 49.4 Å². The molecule has 19 heteroatoms. The van der Waals surface area contributed by atoms with Gasteiger partial charge in [-0.2, -0.15) is 0 Å². The fraction of sp³-hybridized carbons (Fsp3) is 0.944. The van der Waals surface area contributed by atoms with Crippen molar-refractivity contribution in [3.05, 3.63) is 0 Å². The maximum atomic E-state index is 13.0. The number of carbonyl (C=O) groups excluding carboxylic acids is 4. The van der Waals surface area contributed by atoms with Crippen LogP contribution in [0.3, 0.4) is 0 Å². The van der Waals surface area contributed by atoms with Gasteiger partial charge < -0.3 is 33.8 Å². The van der Waals surface area contributed by atoms with Crippen LogP contribution in [0.4, 0.5) is 0 Å². The van der Waals surface area contributed by atoms with Crippen molar-refractivity contribution < 1.29 is 80.2 Å². The average Bonchev–Trinajstić information content (AvgIpc) is 3.56. The Hall–Kier alpha value is -1.94. The van der Waals surface area contributed by atoms with Crippen LogP contribution in [0.5, 0.6) is 0 Å². The number of ether oxygens (including phenoxy) is 4. The van der Waals surface area contributed by atoms with Crippen LogP contribution in [0.15, 0.2) is 0 Å². The molecule has 6 atom stereocenters. The number of hydrogen-bond acceptors (Lipinski definition) is 15. The number of esters is 4. The summed E-state index contributed by atoms with van der Waals surface area (Å²) in [6, 6.07) is 0. The summed E-state index contributed by atoms with van der Waals surface area (Å²) >= 11 is 0. The van der Waals surface area contributed by atoms with E-state index in [1.165, 1.54) is 161 Å². The number of phosphoric acid groups is 2. The van der Waals surface area contributed by atoms with Gasteiger partial charge in [-0.1, -0.05) is 306 Å². The summed E-state index contributed by atoms with van der Waals surface area (Å²) in [5, 5.41) is 10.6. The molecule has 0 amide bonds. The first kappa shape index (κ1) is 89.1. The second-order valence-corrected chi connectivity index (χ2v) is 30.6. The molecule has 0 spiro atoms. The molecule has 0 saturated carbocycles. The largest absolute Gasteiger partial charge is 0.472 e. The maximum Gasteiger partial charge on any atom is 0.472 e. The summed E-state index contributed by atoms with van der Waals surface area (Å²) in [7, 11) is -9.91. The Morgan fingerprint density at radius 3 is 0.780 bits per heavy atom. The molecular formula is C72H140O17P2. The van der Waals surface area contributed by atoms with Crippen molar-refractivity contribution in [3.8, 4) is 0 Å². The highest BCUT2D eigenvalue weighted by Gasteiger charge is 2.30. The highest BCUT2D eigenvalue weighted by molar-refractivity contribution is 7.47. The molecule has 0 bridgehead atoms. The molecule has 0 fully saturated rings. The van der Waals surface area contributed by atoms with Gasteiger partial charge >= 0.3 is 39.5 Å². The minimum absolute atomic E-state index is 0.104. The van der Waals surface area contributed by atoms with Crippen LogP contribution in [-0.4, -0.2) is 96.7 Å². The van der Waals surface area contributed by atoms with Crippen molar-refractivity contribution in [1.82, 2.24) is 0 Å². The molecule has 0 aromatic heterocycles. The number of carbonyl (C=O) groups is 4. The quantitative estimate of drug-likeness (QED) is 0.0222. The van der Waals surface area contributed by atoms with Crippen molar-refractivity contribution in [2.75, 3.05) is 39.6 Å². The standard InChI is InChI=1S/C72H140O17P2/c1-9-65(8)51-43-35-27-21-23-31-39-47-55-72(77)89-68(59-83-70(75)53-45-37-29-22-20-26-34-42-50-64(6)7)61-87-91(80,81)85-57-66(73)56-84-90(78,79)86-60-67(58-82-69(74)52-44-36-28-19-15-17-25-33-41-49-63(4)5)88-71(76)54-46-38-30-18-14-12-10-11-13-16-24-32-40-48-62(2)3/h62-68,73H,9-61H2,1-8H3,(H,78,79)(H,80,81)/t65?,66?,67-,68-/m1/s1. The zero-order chi connectivity index (χ0) is 67.5. The first-order valence-corrected chi connectivity index (χ1v) is 40.2. The average molecular weight is 1340 g/mol. The fourth-order valence-corrected chi connectivity index (χ4v) is 12.4. The first-order chi connectivity index (χ1) is 43.6. The Kier molecular flexibility index (Phi) is 60.3. The first-order valence-electron chi connectivity index (χ1n) is 37.2. The molecule has 0 rings (SSSR count). The van der Waals surface area contributed by atoms with E-state index in [2.05, 4.69) is 55.4 Å². The van der Waals surface area contributed by atoms with Crippen LogP contribution in [0.25, 0.3) is 0 Å². The molecule has 17 nitrogen and oxygen atoms in total. The minimum atomic E-state index is -4.95. The molecule has 0 aliphatic carbocycles. The molecule has 0 aromatic rings. The predicted molar refractivity (Wildman–Crippen MR) is 367 cm³/mol. The number of aliphatic hydroxyl groups excluding tert-OH is 1. The van der Waals surface area contributed by atoms with Gasteiger partial charge in [0.05, 0.1) is 26.4 Å². The van der Waals surface area contributed by atoms with Crippen LogP contribution < -0.4 is 0 Å². The summed E-state index contributed by atoms with van der Waals surface area (Å²) < 4.78 is 68.4. The third kappa shape index (κ3) is 65.1. The molecule has 0 saturated heterocycles. The molecule has 3 N–H and O–H groups in total. The minimum Gasteiger partial charge on any atom is -0.462 e. The lowest BCUT2D eigenvalue weighted by Gasteiger charge is -2.21. The third-order valence-corrected chi connectivity index (χ3v) is 18.8.